The van der Waals surface area contributed by atoms with Crippen LogP contribution in [0, 0.1) is 32.9 Å². The van der Waals surface area contributed by atoms with E-state index in [0.29, 0.717) is 23.4 Å². The number of carbonyl (C=O) groups excluding carboxylic acids is 2. The molecule has 0 bridgehead atoms. The normalized spacial score (nSPS) is 13.4. The number of amides is 2. The number of carboxylic acids is 2. The number of hydrogen-bond donors (Lipinski definition) is 6. The minimum atomic E-state index is -1.42. The molecule has 2 rings (SSSR count). The fourth-order valence-electron chi connectivity index (χ4n) is 4.58. The van der Waals surface area contributed by atoms with E-state index in [1.165, 1.54) is 24.3 Å². The van der Waals surface area contributed by atoms with Crippen LogP contribution in [-0.2, 0) is 23.9 Å². The molecule has 6 N–H and O–H groups in total. The third kappa shape index (κ3) is 14.4. The number of guanidine groups is 1. The third-order valence-corrected chi connectivity index (χ3v) is 6.88. The number of nitro benzene ring substituents is 1. The van der Waals surface area contributed by atoms with Gasteiger partial charge in [-0.05, 0) is 47.6 Å². The van der Waals surface area contributed by atoms with Crippen molar-refractivity contribution >= 4 is 46.8 Å². The van der Waals surface area contributed by atoms with Gasteiger partial charge in [0.1, 0.15) is 6.04 Å². The lowest BCUT2D eigenvalue weighted by Gasteiger charge is -2.23. The highest BCUT2D eigenvalue weighted by molar-refractivity contribution is 6.04. The summed E-state index contributed by atoms with van der Waals surface area (Å²) in [5.74, 6) is -4.17. The minimum Gasteiger partial charge on any atom is -0.480 e. The first-order valence-electron chi connectivity index (χ1n) is 15.5. The molecule has 0 aliphatic heterocycles. The van der Waals surface area contributed by atoms with E-state index in [-0.39, 0.29) is 42.4 Å². The van der Waals surface area contributed by atoms with E-state index < -0.39 is 53.3 Å². The van der Waals surface area contributed by atoms with Crippen molar-refractivity contribution in [2.45, 2.75) is 71.9 Å². The van der Waals surface area contributed by atoms with Crippen molar-refractivity contribution in [2.75, 3.05) is 23.8 Å². The van der Waals surface area contributed by atoms with Crippen molar-refractivity contribution in [3.63, 3.8) is 0 Å². The van der Waals surface area contributed by atoms with Gasteiger partial charge in [0.2, 0.25) is 24.0 Å². The van der Waals surface area contributed by atoms with Gasteiger partial charge in [0, 0.05) is 43.0 Å². The molecule has 0 aromatic heterocycles. The predicted octanol–water partition coefficient (Wildman–Crippen LogP) is 4.07. The Kier molecular flexibility index (Phi) is 15.1. The molecule has 0 aliphatic carbocycles. The number of nitrogens with zero attached hydrogens (tertiary/aromatic N) is 3. The van der Waals surface area contributed by atoms with Crippen LogP contribution in [0.25, 0.3) is 0 Å². The number of carbonyl (C=O) groups is 4. The Bertz CT molecular complexity index is 1530. The van der Waals surface area contributed by atoms with Gasteiger partial charge in [-0.2, -0.15) is 5.26 Å². The second kappa shape index (κ2) is 18.7. The van der Waals surface area contributed by atoms with Gasteiger partial charge in [-0.3, -0.25) is 19.7 Å². The number of nitriles is 1. The van der Waals surface area contributed by atoms with Crippen molar-refractivity contribution in [2.24, 2.45) is 16.3 Å². The summed E-state index contributed by atoms with van der Waals surface area (Å²) >= 11 is 0. The molecule has 16 nitrogen and oxygen atoms in total. The van der Waals surface area contributed by atoms with Crippen molar-refractivity contribution in [3.05, 3.63) is 64.2 Å². The summed E-state index contributed by atoms with van der Waals surface area (Å²) < 4.78 is 5.43. The number of nitro groups is 1. The van der Waals surface area contributed by atoms with Crippen LogP contribution in [0.4, 0.5) is 17.1 Å². The molecule has 0 fully saturated rings. The standard InChI is InChI=1S/C33H43N7O9/c1-20(2)16-25(21-6-8-22(9-7-21)36-32(35-19-34)37-23-10-12-24(13-11-23)40(47)48)29(42)39-27(31(45)46)18-49-15-14-26(30(43)44)38-28(41)17-33(3,4)5/h6-13,20,25-27H,14-18H2,1-5H3,(H,38,41)(H,39,42)(H,43,44)(H,45,46)(H2,35,36,37). The molecule has 2 amide bonds. The first-order valence-corrected chi connectivity index (χ1v) is 15.5. The maximum Gasteiger partial charge on any atom is 0.328 e. The maximum atomic E-state index is 13.4. The first kappa shape index (κ1) is 39.6. The topological polar surface area (TPSA) is 245 Å². The van der Waals surface area contributed by atoms with Crippen LogP contribution in [0.1, 0.15) is 65.4 Å². The Balaban J connectivity index is 2.06. The lowest BCUT2D eigenvalue weighted by Crippen LogP contribution is -2.46. The average molecular weight is 682 g/mol. The summed E-state index contributed by atoms with van der Waals surface area (Å²) in [5, 5.41) is 50.1. The van der Waals surface area contributed by atoms with Gasteiger partial charge in [-0.25, -0.2) is 9.59 Å². The second-order valence-corrected chi connectivity index (χ2v) is 12.9. The largest absolute Gasteiger partial charge is 0.480 e. The zero-order valence-corrected chi connectivity index (χ0v) is 28.1. The van der Waals surface area contributed by atoms with E-state index in [1.807, 2.05) is 34.6 Å². The SMILES string of the molecule is CC(C)CC(C(=O)NC(COCCC(NC(=O)CC(C)(C)C)C(=O)O)C(=O)O)c1ccc(NC(=NC#N)Nc2ccc([N+](=O)[O-])cc2)cc1. The number of non-ortho nitro benzene ring substituents is 1. The molecule has 0 saturated carbocycles. The van der Waals surface area contributed by atoms with Crippen LogP contribution in [-0.4, -0.2) is 70.1 Å². The molecule has 0 aliphatic rings. The molecule has 0 saturated heterocycles. The number of ether oxygens (including phenoxy) is 1. The summed E-state index contributed by atoms with van der Waals surface area (Å²) in [4.78, 5) is 63.3. The van der Waals surface area contributed by atoms with Gasteiger partial charge >= 0.3 is 11.9 Å². The number of carboxylic acid groups (broad SMARTS) is 2. The Morgan fingerprint density at radius 3 is 1.96 bits per heavy atom. The predicted molar refractivity (Wildman–Crippen MR) is 181 cm³/mol. The molecule has 264 valence electrons. The fourth-order valence-corrected chi connectivity index (χ4v) is 4.58. The van der Waals surface area contributed by atoms with Gasteiger partial charge in [-0.1, -0.05) is 46.8 Å². The van der Waals surface area contributed by atoms with Crippen molar-refractivity contribution in [3.8, 4) is 6.19 Å². The van der Waals surface area contributed by atoms with Gasteiger partial charge in [0.25, 0.3) is 5.69 Å². The zero-order valence-electron chi connectivity index (χ0n) is 28.1. The summed E-state index contributed by atoms with van der Waals surface area (Å²) in [6.07, 6.45) is 2.09. The molecule has 3 unspecified atom stereocenters. The number of benzene rings is 2. The van der Waals surface area contributed by atoms with Crippen LogP contribution in [0.2, 0.25) is 0 Å². The van der Waals surface area contributed by atoms with E-state index >= 15 is 0 Å². The summed E-state index contributed by atoms with van der Waals surface area (Å²) in [7, 11) is 0. The maximum absolute atomic E-state index is 13.4. The van der Waals surface area contributed by atoms with Crippen molar-refractivity contribution < 1.29 is 39.1 Å². The summed E-state index contributed by atoms with van der Waals surface area (Å²) in [6, 6.07) is 9.53. The van der Waals surface area contributed by atoms with Crippen molar-refractivity contribution in [1.29, 1.82) is 5.26 Å². The zero-order chi connectivity index (χ0) is 36.7. The van der Waals surface area contributed by atoms with Gasteiger partial charge < -0.3 is 36.2 Å². The van der Waals surface area contributed by atoms with Crippen LogP contribution in [0.3, 0.4) is 0 Å². The number of anilines is 2. The van der Waals surface area contributed by atoms with E-state index in [4.69, 9.17) is 10.00 Å². The molecular weight excluding hydrogens is 638 g/mol. The highest BCUT2D eigenvalue weighted by Gasteiger charge is 2.28. The Morgan fingerprint density at radius 2 is 1.49 bits per heavy atom. The molecule has 49 heavy (non-hydrogen) atoms. The molecule has 16 heteroatoms. The molecule has 2 aromatic carbocycles. The lowest BCUT2D eigenvalue weighted by atomic mass is 9.89. The molecule has 2 aromatic rings. The molecule has 0 spiro atoms. The lowest BCUT2D eigenvalue weighted by molar-refractivity contribution is -0.384. The summed E-state index contributed by atoms with van der Waals surface area (Å²) in [6.45, 7) is 8.77. The monoisotopic (exact) mass is 681 g/mol. The smallest absolute Gasteiger partial charge is 0.328 e. The Hall–Kier alpha value is -5.56. The highest BCUT2D eigenvalue weighted by Crippen LogP contribution is 2.26. The quantitative estimate of drug-likeness (QED) is 0.0346. The number of nitrogens with one attached hydrogen (secondary N) is 4. The van der Waals surface area contributed by atoms with Gasteiger partial charge in [-0.15, -0.1) is 4.99 Å². The summed E-state index contributed by atoms with van der Waals surface area (Å²) in [5.41, 5.74) is 1.10. The first-order chi connectivity index (χ1) is 23.0. The van der Waals surface area contributed by atoms with Crippen LogP contribution < -0.4 is 21.3 Å². The molecule has 0 heterocycles. The fraction of sp³-hybridized carbons (Fsp3) is 0.455. The number of aliphatic imine (C=N–C) groups is 1. The average Bonchev–Trinajstić information content (AvgIpc) is 3.00. The molecule has 0 radical (unpaired) electrons. The van der Waals surface area contributed by atoms with Crippen molar-refractivity contribution in [1.82, 2.24) is 10.6 Å². The minimum absolute atomic E-state index is 0.0480. The molecule has 3 atom stereocenters. The van der Waals surface area contributed by atoms with E-state index in [0.717, 1.165) is 0 Å². The van der Waals surface area contributed by atoms with Crippen LogP contribution in [0.5, 0.6) is 0 Å². The number of hydrogen-bond acceptors (Lipinski definition) is 9. The van der Waals surface area contributed by atoms with Crippen LogP contribution in [0.15, 0.2) is 53.5 Å². The van der Waals surface area contributed by atoms with E-state index in [9.17, 15) is 39.5 Å². The molecular formula is C33H43N7O9. The van der Waals surface area contributed by atoms with E-state index in [1.54, 1.807) is 30.5 Å². The third-order valence-electron chi connectivity index (χ3n) is 6.88. The van der Waals surface area contributed by atoms with E-state index in [2.05, 4.69) is 26.3 Å². The highest BCUT2D eigenvalue weighted by atomic mass is 16.6. The number of aliphatic carboxylic acids is 2. The Morgan fingerprint density at radius 1 is 0.939 bits per heavy atom. The Labute approximate surface area is 284 Å². The van der Waals surface area contributed by atoms with Crippen LogP contribution >= 0.6 is 0 Å². The second-order valence-electron chi connectivity index (χ2n) is 12.9. The van der Waals surface area contributed by atoms with Gasteiger partial charge in [0.15, 0.2) is 6.04 Å². The van der Waals surface area contributed by atoms with Gasteiger partial charge in [0.05, 0.1) is 17.4 Å². The number of rotatable bonds is 17.